The van der Waals surface area contributed by atoms with Gasteiger partial charge in [-0.15, -0.1) is 0 Å². The lowest BCUT2D eigenvalue weighted by atomic mass is 9.71. The molecule has 1 aliphatic carbocycles. The lowest BCUT2D eigenvalue weighted by Crippen LogP contribution is -2.57. The predicted molar refractivity (Wildman–Crippen MR) is 89.9 cm³/mol. The molecule has 0 aromatic carbocycles. The van der Waals surface area contributed by atoms with Gasteiger partial charge in [-0.3, -0.25) is 4.90 Å². The second kappa shape index (κ2) is 8.38. The first-order valence-electron chi connectivity index (χ1n) is 8.98. The predicted octanol–water partition coefficient (Wildman–Crippen LogP) is 4.29. The second-order valence-corrected chi connectivity index (χ2v) is 7.23. The summed E-state index contributed by atoms with van der Waals surface area (Å²) in [6.07, 6.45) is 7.94. The Morgan fingerprint density at radius 1 is 1.10 bits per heavy atom. The molecule has 0 atom stereocenters. The number of likely N-dealkylation sites (N-methyl/N-ethyl adjacent to an activating group) is 1. The highest BCUT2D eigenvalue weighted by molar-refractivity contribution is 4.96. The van der Waals surface area contributed by atoms with E-state index in [0.717, 1.165) is 30.8 Å². The van der Waals surface area contributed by atoms with E-state index in [0.29, 0.717) is 5.54 Å². The van der Waals surface area contributed by atoms with Crippen molar-refractivity contribution in [2.24, 2.45) is 23.5 Å². The molecule has 0 unspecified atom stereocenters. The van der Waals surface area contributed by atoms with Crippen molar-refractivity contribution in [1.29, 1.82) is 0 Å². The number of rotatable bonds is 8. The van der Waals surface area contributed by atoms with E-state index in [1.54, 1.807) is 0 Å². The molecule has 1 rings (SSSR count). The van der Waals surface area contributed by atoms with E-state index in [-0.39, 0.29) is 0 Å². The van der Waals surface area contributed by atoms with E-state index in [1.165, 1.54) is 45.1 Å². The van der Waals surface area contributed by atoms with Crippen molar-refractivity contribution in [3.63, 3.8) is 0 Å². The molecule has 0 bridgehead atoms. The van der Waals surface area contributed by atoms with Crippen LogP contribution in [-0.4, -0.2) is 30.1 Å². The van der Waals surface area contributed by atoms with Crippen molar-refractivity contribution in [3.05, 3.63) is 0 Å². The van der Waals surface area contributed by atoms with Crippen LogP contribution in [-0.2, 0) is 0 Å². The van der Waals surface area contributed by atoms with Crippen LogP contribution in [0.2, 0.25) is 0 Å². The van der Waals surface area contributed by atoms with Gasteiger partial charge in [0.05, 0.1) is 0 Å². The molecule has 2 nitrogen and oxygen atoms in total. The minimum Gasteiger partial charge on any atom is -0.329 e. The molecule has 0 radical (unpaired) electrons. The molecule has 0 aliphatic heterocycles. The standard InChI is InChI=1S/C18H38N2/c1-6-16(7-2)13-20(8-3)18(14-19)11-9-17(10-12-18)15(4)5/h15-17H,6-14,19H2,1-5H3. The molecule has 0 heterocycles. The number of hydrogen-bond donors (Lipinski definition) is 1. The van der Waals surface area contributed by atoms with Crippen LogP contribution in [0, 0.1) is 17.8 Å². The Bertz CT molecular complexity index is 250. The van der Waals surface area contributed by atoms with Crippen LogP contribution in [0.25, 0.3) is 0 Å². The van der Waals surface area contributed by atoms with Crippen LogP contribution in [0.3, 0.4) is 0 Å². The van der Waals surface area contributed by atoms with Crippen molar-refractivity contribution in [3.8, 4) is 0 Å². The van der Waals surface area contributed by atoms with Gasteiger partial charge in [-0.25, -0.2) is 0 Å². The zero-order valence-electron chi connectivity index (χ0n) is 14.6. The first-order valence-corrected chi connectivity index (χ1v) is 8.98. The molecule has 2 N–H and O–H groups in total. The molecule has 120 valence electrons. The SMILES string of the molecule is CCC(CC)CN(CC)C1(CN)CCC(C(C)C)CC1. The molecule has 0 spiro atoms. The van der Waals surface area contributed by atoms with Crippen LogP contribution in [0.4, 0.5) is 0 Å². The lowest BCUT2D eigenvalue weighted by Gasteiger charge is -2.49. The maximum atomic E-state index is 6.25. The summed E-state index contributed by atoms with van der Waals surface area (Å²) < 4.78 is 0. The summed E-state index contributed by atoms with van der Waals surface area (Å²) >= 11 is 0. The van der Waals surface area contributed by atoms with Gasteiger partial charge < -0.3 is 5.73 Å². The normalized spacial score (nSPS) is 27.8. The summed E-state index contributed by atoms with van der Waals surface area (Å²) in [6, 6.07) is 0. The van der Waals surface area contributed by atoms with E-state index >= 15 is 0 Å². The third-order valence-corrected chi connectivity index (χ3v) is 5.97. The molecular formula is C18H38N2. The van der Waals surface area contributed by atoms with Crippen molar-refractivity contribution in [2.75, 3.05) is 19.6 Å². The van der Waals surface area contributed by atoms with E-state index in [1.807, 2.05) is 0 Å². The highest BCUT2D eigenvalue weighted by Gasteiger charge is 2.39. The van der Waals surface area contributed by atoms with Gasteiger partial charge in [0.15, 0.2) is 0 Å². The lowest BCUT2D eigenvalue weighted by molar-refractivity contribution is 0.0260. The molecule has 0 saturated heterocycles. The van der Waals surface area contributed by atoms with E-state index in [4.69, 9.17) is 5.73 Å². The zero-order chi connectivity index (χ0) is 15.2. The molecule has 0 aromatic rings. The zero-order valence-corrected chi connectivity index (χ0v) is 14.6. The molecule has 2 heteroatoms. The second-order valence-electron chi connectivity index (χ2n) is 7.23. The Kier molecular flexibility index (Phi) is 7.53. The average Bonchev–Trinajstić information content (AvgIpc) is 2.48. The third-order valence-electron chi connectivity index (χ3n) is 5.97. The molecular weight excluding hydrogens is 244 g/mol. The van der Waals surface area contributed by atoms with E-state index < -0.39 is 0 Å². The summed E-state index contributed by atoms with van der Waals surface area (Å²) in [5.74, 6) is 2.59. The molecule has 20 heavy (non-hydrogen) atoms. The maximum Gasteiger partial charge on any atom is 0.0331 e. The Balaban J connectivity index is 2.71. The van der Waals surface area contributed by atoms with Gasteiger partial charge >= 0.3 is 0 Å². The molecule has 1 aliphatic rings. The van der Waals surface area contributed by atoms with Crippen LogP contribution < -0.4 is 5.73 Å². The molecule has 1 fully saturated rings. The summed E-state index contributed by atoms with van der Waals surface area (Å²) in [5.41, 5.74) is 6.55. The average molecular weight is 283 g/mol. The van der Waals surface area contributed by atoms with Gasteiger partial charge in [0.25, 0.3) is 0 Å². The fraction of sp³-hybridized carbons (Fsp3) is 1.00. The van der Waals surface area contributed by atoms with Crippen molar-refractivity contribution in [1.82, 2.24) is 4.90 Å². The van der Waals surface area contributed by atoms with E-state index in [9.17, 15) is 0 Å². The number of nitrogens with zero attached hydrogens (tertiary/aromatic N) is 1. The monoisotopic (exact) mass is 282 g/mol. The van der Waals surface area contributed by atoms with Gasteiger partial charge in [0.1, 0.15) is 0 Å². The topological polar surface area (TPSA) is 29.3 Å². The number of nitrogens with two attached hydrogens (primary N) is 1. The Hall–Kier alpha value is -0.0800. The van der Waals surface area contributed by atoms with Crippen LogP contribution >= 0.6 is 0 Å². The highest BCUT2D eigenvalue weighted by Crippen LogP contribution is 2.39. The van der Waals surface area contributed by atoms with Crippen molar-refractivity contribution < 1.29 is 0 Å². The Morgan fingerprint density at radius 3 is 2.00 bits per heavy atom. The van der Waals surface area contributed by atoms with Crippen LogP contribution in [0.1, 0.15) is 73.1 Å². The first kappa shape index (κ1) is 18.0. The van der Waals surface area contributed by atoms with Crippen LogP contribution in [0.5, 0.6) is 0 Å². The summed E-state index contributed by atoms with van der Waals surface area (Å²) in [7, 11) is 0. The van der Waals surface area contributed by atoms with Gasteiger partial charge in [-0.1, -0.05) is 47.5 Å². The fourth-order valence-corrected chi connectivity index (χ4v) is 4.01. The fourth-order valence-electron chi connectivity index (χ4n) is 4.01. The molecule has 0 amide bonds. The van der Waals surface area contributed by atoms with E-state index in [2.05, 4.69) is 39.5 Å². The summed E-state index contributed by atoms with van der Waals surface area (Å²) in [6.45, 7) is 15.0. The van der Waals surface area contributed by atoms with Gasteiger partial charge in [-0.2, -0.15) is 0 Å². The molecule has 0 aromatic heterocycles. The van der Waals surface area contributed by atoms with Gasteiger partial charge in [-0.05, 0) is 50.0 Å². The van der Waals surface area contributed by atoms with Gasteiger partial charge in [0, 0.05) is 18.6 Å². The smallest absolute Gasteiger partial charge is 0.0331 e. The Morgan fingerprint density at radius 2 is 1.65 bits per heavy atom. The minimum atomic E-state index is 0.294. The van der Waals surface area contributed by atoms with Crippen molar-refractivity contribution >= 4 is 0 Å². The largest absolute Gasteiger partial charge is 0.329 e. The Labute approximate surface area is 127 Å². The third kappa shape index (κ3) is 4.21. The minimum absolute atomic E-state index is 0.294. The van der Waals surface area contributed by atoms with Gasteiger partial charge in [0.2, 0.25) is 0 Å². The highest BCUT2D eigenvalue weighted by atomic mass is 15.2. The van der Waals surface area contributed by atoms with Crippen LogP contribution in [0.15, 0.2) is 0 Å². The van der Waals surface area contributed by atoms with Crippen molar-refractivity contribution in [2.45, 2.75) is 78.7 Å². The molecule has 1 saturated carbocycles. The maximum absolute atomic E-state index is 6.25. The summed E-state index contributed by atoms with van der Waals surface area (Å²) in [4.78, 5) is 2.72. The first-order chi connectivity index (χ1) is 9.52. The summed E-state index contributed by atoms with van der Waals surface area (Å²) in [5, 5.41) is 0. The quantitative estimate of drug-likeness (QED) is 0.719. The number of hydrogen-bond acceptors (Lipinski definition) is 2.